The van der Waals surface area contributed by atoms with E-state index < -0.39 is 0 Å². The highest BCUT2D eigenvalue weighted by Crippen LogP contribution is 2.22. The van der Waals surface area contributed by atoms with Gasteiger partial charge in [-0.1, -0.05) is 30.3 Å². The van der Waals surface area contributed by atoms with E-state index in [4.69, 9.17) is 5.73 Å². The monoisotopic (exact) mass is 266 g/mol. The lowest BCUT2D eigenvalue weighted by molar-refractivity contribution is 0.684. The van der Waals surface area contributed by atoms with Crippen LogP contribution >= 0.6 is 0 Å². The fourth-order valence-electron chi connectivity index (χ4n) is 2.94. The summed E-state index contributed by atoms with van der Waals surface area (Å²) in [5.41, 5.74) is 12.3. The minimum atomic E-state index is 0.818. The molecule has 0 saturated heterocycles. The molecule has 0 aromatic heterocycles. The maximum Gasteiger partial charge on any atom is 0.0574 e. The van der Waals surface area contributed by atoms with E-state index >= 15 is 0 Å². The van der Waals surface area contributed by atoms with Gasteiger partial charge in [0.25, 0.3) is 0 Å². The summed E-state index contributed by atoms with van der Waals surface area (Å²) in [6, 6.07) is 14.9. The van der Waals surface area contributed by atoms with Crippen LogP contribution in [0.5, 0.6) is 0 Å². The molecule has 0 fully saturated rings. The van der Waals surface area contributed by atoms with Crippen LogP contribution in [0.2, 0.25) is 0 Å². The van der Waals surface area contributed by atoms with Crippen molar-refractivity contribution < 1.29 is 0 Å². The second kappa shape index (κ2) is 6.00. The van der Waals surface area contributed by atoms with Crippen molar-refractivity contribution in [2.45, 2.75) is 32.1 Å². The van der Waals surface area contributed by atoms with Crippen molar-refractivity contribution in [1.82, 2.24) is 0 Å². The van der Waals surface area contributed by atoms with Crippen LogP contribution in [0.25, 0.3) is 0 Å². The average molecular weight is 266 g/mol. The second-order valence-electron chi connectivity index (χ2n) is 5.57. The number of anilines is 2. The first-order valence-corrected chi connectivity index (χ1v) is 7.52. The molecular weight excluding hydrogens is 244 g/mol. The van der Waals surface area contributed by atoms with Crippen molar-refractivity contribution in [1.29, 1.82) is 0 Å². The summed E-state index contributed by atoms with van der Waals surface area (Å²) in [6.45, 7) is 0.924. The van der Waals surface area contributed by atoms with E-state index in [-0.39, 0.29) is 0 Å². The Hall–Kier alpha value is -1.96. The smallest absolute Gasteiger partial charge is 0.0574 e. The lowest BCUT2D eigenvalue weighted by Gasteiger charge is -2.17. The molecule has 0 heterocycles. The fraction of sp³-hybridized carbons (Fsp3) is 0.333. The maximum absolute atomic E-state index is 5.93. The highest BCUT2D eigenvalue weighted by atomic mass is 14.9. The minimum Gasteiger partial charge on any atom is -0.397 e. The summed E-state index contributed by atoms with van der Waals surface area (Å²) in [5.74, 6) is 0. The van der Waals surface area contributed by atoms with Crippen molar-refractivity contribution >= 4 is 11.4 Å². The lowest BCUT2D eigenvalue weighted by Crippen LogP contribution is -2.08. The average Bonchev–Trinajstić information content (AvgIpc) is 2.49. The summed E-state index contributed by atoms with van der Waals surface area (Å²) in [7, 11) is 0. The summed E-state index contributed by atoms with van der Waals surface area (Å²) in [4.78, 5) is 0. The van der Waals surface area contributed by atoms with Gasteiger partial charge in [0.1, 0.15) is 0 Å². The second-order valence-corrected chi connectivity index (χ2v) is 5.57. The number of nitrogens with two attached hydrogens (primary N) is 1. The molecule has 0 spiro atoms. The van der Waals surface area contributed by atoms with Gasteiger partial charge in [-0.3, -0.25) is 0 Å². The predicted molar refractivity (Wildman–Crippen MR) is 86.1 cm³/mol. The van der Waals surface area contributed by atoms with Gasteiger partial charge in [0, 0.05) is 6.54 Å². The molecule has 3 rings (SSSR count). The van der Waals surface area contributed by atoms with Crippen LogP contribution in [0, 0.1) is 0 Å². The Bertz CT molecular complexity index is 590. The van der Waals surface area contributed by atoms with Gasteiger partial charge in [-0.2, -0.15) is 0 Å². The molecule has 2 heteroatoms. The van der Waals surface area contributed by atoms with E-state index in [1.807, 2.05) is 24.3 Å². The van der Waals surface area contributed by atoms with Gasteiger partial charge in [0.15, 0.2) is 0 Å². The summed E-state index contributed by atoms with van der Waals surface area (Å²) >= 11 is 0. The number of rotatable bonds is 4. The Balaban J connectivity index is 1.60. The van der Waals surface area contributed by atoms with Crippen molar-refractivity contribution in [3.63, 3.8) is 0 Å². The van der Waals surface area contributed by atoms with Gasteiger partial charge in [-0.25, -0.2) is 0 Å². The molecule has 0 saturated carbocycles. The molecular formula is C18H22N2. The van der Waals surface area contributed by atoms with E-state index in [1.165, 1.54) is 31.2 Å². The molecule has 2 nitrogen and oxygen atoms in total. The Kier molecular flexibility index (Phi) is 3.91. The zero-order valence-electron chi connectivity index (χ0n) is 11.9. The molecule has 3 N–H and O–H groups in total. The lowest BCUT2D eigenvalue weighted by atomic mass is 9.90. The summed E-state index contributed by atoms with van der Waals surface area (Å²) in [5, 5.41) is 3.42. The van der Waals surface area contributed by atoms with E-state index in [0.29, 0.717) is 0 Å². The largest absolute Gasteiger partial charge is 0.397 e. The molecule has 2 aromatic carbocycles. The number of nitrogens with one attached hydrogen (secondary N) is 1. The van der Waals surface area contributed by atoms with E-state index in [0.717, 1.165) is 24.3 Å². The Morgan fingerprint density at radius 3 is 2.60 bits per heavy atom. The minimum absolute atomic E-state index is 0.818. The molecule has 0 unspecified atom stereocenters. The maximum atomic E-state index is 5.93. The molecule has 104 valence electrons. The highest BCUT2D eigenvalue weighted by molar-refractivity contribution is 5.65. The molecule has 0 radical (unpaired) electrons. The van der Waals surface area contributed by atoms with Gasteiger partial charge >= 0.3 is 0 Å². The number of hydrogen-bond donors (Lipinski definition) is 2. The molecule has 1 aliphatic carbocycles. The zero-order chi connectivity index (χ0) is 13.8. The van der Waals surface area contributed by atoms with Crippen molar-refractivity contribution in [2.24, 2.45) is 0 Å². The number of benzene rings is 2. The number of aryl methyl sites for hydroxylation is 2. The summed E-state index contributed by atoms with van der Waals surface area (Å²) < 4.78 is 0. The van der Waals surface area contributed by atoms with Crippen LogP contribution in [0.15, 0.2) is 42.5 Å². The van der Waals surface area contributed by atoms with Crippen LogP contribution in [0.4, 0.5) is 11.4 Å². The topological polar surface area (TPSA) is 38.0 Å². The Labute approximate surface area is 121 Å². The first-order valence-electron chi connectivity index (χ1n) is 7.52. The Morgan fingerprint density at radius 2 is 1.75 bits per heavy atom. The third-order valence-corrected chi connectivity index (χ3v) is 4.10. The van der Waals surface area contributed by atoms with Crippen LogP contribution < -0.4 is 11.1 Å². The van der Waals surface area contributed by atoms with Crippen LogP contribution in [0.3, 0.4) is 0 Å². The zero-order valence-corrected chi connectivity index (χ0v) is 11.9. The van der Waals surface area contributed by atoms with E-state index in [1.54, 1.807) is 11.1 Å². The normalized spacial score (nSPS) is 13.8. The van der Waals surface area contributed by atoms with Gasteiger partial charge < -0.3 is 11.1 Å². The van der Waals surface area contributed by atoms with Gasteiger partial charge in [-0.05, 0) is 60.9 Å². The number of nitrogen functional groups attached to an aromatic ring is 1. The first-order chi connectivity index (χ1) is 9.83. The molecule has 20 heavy (non-hydrogen) atoms. The molecule has 0 bridgehead atoms. The fourth-order valence-corrected chi connectivity index (χ4v) is 2.94. The summed E-state index contributed by atoms with van der Waals surface area (Å²) in [6.07, 6.45) is 6.24. The molecule has 0 atom stereocenters. The molecule has 2 aromatic rings. The highest BCUT2D eigenvalue weighted by Gasteiger charge is 2.09. The van der Waals surface area contributed by atoms with Crippen LogP contribution in [-0.4, -0.2) is 6.54 Å². The van der Waals surface area contributed by atoms with E-state index in [2.05, 4.69) is 23.5 Å². The standard InChI is InChI=1S/C18H22N2/c19-17-7-3-4-8-18(17)20-12-11-14-9-10-15-5-1-2-6-16(15)13-14/h3-4,7-10,13,20H,1-2,5-6,11-12,19H2. The van der Waals surface area contributed by atoms with Crippen LogP contribution in [-0.2, 0) is 19.3 Å². The van der Waals surface area contributed by atoms with E-state index in [9.17, 15) is 0 Å². The van der Waals surface area contributed by atoms with Gasteiger partial charge in [-0.15, -0.1) is 0 Å². The van der Waals surface area contributed by atoms with Crippen molar-refractivity contribution in [2.75, 3.05) is 17.6 Å². The van der Waals surface area contributed by atoms with Crippen molar-refractivity contribution in [3.8, 4) is 0 Å². The predicted octanol–water partition coefficient (Wildman–Crippen LogP) is 3.80. The molecule has 0 aliphatic heterocycles. The van der Waals surface area contributed by atoms with Crippen molar-refractivity contribution in [3.05, 3.63) is 59.2 Å². The third-order valence-electron chi connectivity index (χ3n) is 4.10. The SMILES string of the molecule is Nc1ccccc1NCCc1ccc2c(c1)CCCC2. The number of hydrogen-bond acceptors (Lipinski definition) is 2. The van der Waals surface area contributed by atoms with Gasteiger partial charge in [0.2, 0.25) is 0 Å². The quantitative estimate of drug-likeness (QED) is 0.826. The Morgan fingerprint density at radius 1 is 0.950 bits per heavy atom. The molecule has 1 aliphatic rings. The first kappa shape index (κ1) is 13.0. The third kappa shape index (κ3) is 2.96. The molecule has 0 amide bonds. The van der Waals surface area contributed by atoms with Gasteiger partial charge in [0.05, 0.1) is 11.4 Å². The number of fused-ring (bicyclic) bond motifs is 1. The number of para-hydroxylation sites is 2. The van der Waals surface area contributed by atoms with Crippen LogP contribution in [0.1, 0.15) is 29.5 Å².